The zero-order chi connectivity index (χ0) is 18.6. The molecule has 0 fully saturated rings. The first-order valence-electron chi connectivity index (χ1n) is 7.87. The molecule has 134 valence electrons. The number of rotatable bonds is 6. The van der Waals surface area contributed by atoms with Gasteiger partial charge in [0.2, 0.25) is 15.9 Å². The lowest BCUT2D eigenvalue weighted by Crippen LogP contribution is -2.38. The van der Waals surface area contributed by atoms with Gasteiger partial charge >= 0.3 is 0 Å². The van der Waals surface area contributed by atoms with Crippen LogP contribution in [0.25, 0.3) is 0 Å². The number of benzene rings is 2. The first-order valence-corrected chi connectivity index (χ1v) is 10.4. The molecule has 2 aromatic rings. The van der Waals surface area contributed by atoms with Crippen molar-refractivity contribution in [2.75, 3.05) is 18.4 Å². The smallest absolute Gasteiger partial charge is 0.243 e. The molecule has 0 aliphatic rings. The van der Waals surface area contributed by atoms with Crippen molar-refractivity contribution in [2.45, 2.75) is 25.7 Å². The van der Waals surface area contributed by atoms with Crippen molar-refractivity contribution < 1.29 is 13.2 Å². The maximum absolute atomic E-state index is 12.7. The van der Waals surface area contributed by atoms with Crippen LogP contribution >= 0.6 is 22.6 Å². The minimum absolute atomic E-state index is 0.189. The number of hydrogen-bond acceptors (Lipinski definition) is 3. The zero-order valence-electron chi connectivity index (χ0n) is 14.4. The normalized spacial score (nSPS) is 11.6. The Morgan fingerprint density at radius 3 is 2.16 bits per heavy atom. The highest BCUT2D eigenvalue weighted by atomic mass is 127. The minimum Gasteiger partial charge on any atom is -0.324 e. The Hall–Kier alpha value is -1.45. The van der Waals surface area contributed by atoms with E-state index in [0.29, 0.717) is 0 Å². The second kappa shape index (κ2) is 8.29. The van der Waals surface area contributed by atoms with Crippen LogP contribution in [0.3, 0.4) is 0 Å². The van der Waals surface area contributed by atoms with Crippen LogP contribution in [0.5, 0.6) is 0 Å². The van der Waals surface area contributed by atoms with Gasteiger partial charge in [-0.1, -0.05) is 25.1 Å². The van der Waals surface area contributed by atoms with Gasteiger partial charge < -0.3 is 5.32 Å². The third-order valence-corrected chi connectivity index (χ3v) is 6.52. The van der Waals surface area contributed by atoms with Gasteiger partial charge in [-0.2, -0.15) is 4.31 Å². The summed E-state index contributed by atoms with van der Waals surface area (Å²) in [6.07, 6.45) is 0. The van der Waals surface area contributed by atoms with Crippen molar-refractivity contribution >= 4 is 44.2 Å². The summed E-state index contributed by atoms with van der Waals surface area (Å²) < 4.78 is 27.6. The summed E-state index contributed by atoms with van der Waals surface area (Å²) in [4.78, 5) is 12.6. The van der Waals surface area contributed by atoms with E-state index in [-0.39, 0.29) is 23.9 Å². The third kappa shape index (κ3) is 4.80. The van der Waals surface area contributed by atoms with Gasteiger partial charge in [-0.25, -0.2) is 8.42 Å². The Morgan fingerprint density at radius 2 is 1.64 bits per heavy atom. The first-order chi connectivity index (χ1) is 11.8. The predicted molar refractivity (Wildman–Crippen MR) is 108 cm³/mol. The number of halogens is 1. The number of carbonyl (C=O) groups excluding carboxylic acids is 1. The monoisotopic (exact) mass is 472 g/mol. The summed E-state index contributed by atoms with van der Waals surface area (Å²) in [5.41, 5.74) is 2.61. The molecule has 0 radical (unpaired) electrons. The van der Waals surface area contributed by atoms with E-state index in [1.165, 1.54) is 4.31 Å². The Labute approximate surface area is 162 Å². The van der Waals surface area contributed by atoms with Crippen LogP contribution in [-0.4, -0.2) is 31.7 Å². The number of carbonyl (C=O) groups is 1. The summed E-state index contributed by atoms with van der Waals surface area (Å²) >= 11 is 2.12. The van der Waals surface area contributed by atoms with Crippen molar-refractivity contribution in [1.82, 2.24) is 4.31 Å². The number of aryl methyl sites for hydroxylation is 2. The minimum atomic E-state index is -3.71. The standard InChI is InChI=1S/C18H21IN2O3S/c1-4-21(25(23,24)16-10-8-15(19)9-11-16)12-17(22)20-18-13(2)6-5-7-14(18)3/h5-11H,4,12H2,1-3H3,(H,20,22). The largest absolute Gasteiger partial charge is 0.324 e. The molecule has 1 N–H and O–H groups in total. The maximum atomic E-state index is 12.7. The number of likely N-dealkylation sites (N-methyl/N-ethyl adjacent to an activating group) is 1. The third-order valence-electron chi connectivity index (χ3n) is 3.87. The molecule has 1 amide bonds. The van der Waals surface area contributed by atoms with Gasteiger partial charge in [0.05, 0.1) is 11.4 Å². The lowest BCUT2D eigenvalue weighted by molar-refractivity contribution is -0.116. The fraction of sp³-hybridized carbons (Fsp3) is 0.278. The highest BCUT2D eigenvalue weighted by Crippen LogP contribution is 2.20. The highest BCUT2D eigenvalue weighted by Gasteiger charge is 2.25. The molecule has 0 aliphatic carbocycles. The van der Waals surface area contributed by atoms with E-state index in [1.54, 1.807) is 31.2 Å². The molecule has 2 aromatic carbocycles. The van der Waals surface area contributed by atoms with E-state index < -0.39 is 10.0 Å². The van der Waals surface area contributed by atoms with Crippen LogP contribution in [-0.2, 0) is 14.8 Å². The molecule has 7 heteroatoms. The van der Waals surface area contributed by atoms with Crippen LogP contribution in [0.2, 0.25) is 0 Å². The Morgan fingerprint density at radius 1 is 1.08 bits per heavy atom. The molecule has 0 spiro atoms. The molecule has 0 atom stereocenters. The lowest BCUT2D eigenvalue weighted by Gasteiger charge is -2.21. The number of hydrogen-bond donors (Lipinski definition) is 1. The zero-order valence-corrected chi connectivity index (χ0v) is 17.4. The summed E-state index contributed by atoms with van der Waals surface area (Å²) in [6, 6.07) is 12.3. The maximum Gasteiger partial charge on any atom is 0.243 e. The molecule has 0 aromatic heterocycles. The van der Waals surface area contributed by atoms with E-state index in [1.807, 2.05) is 32.0 Å². The fourth-order valence-electron chi connectivity index (χ4n) is 2.47. The average Bonchev–Trinajstić information content (AvgIpc) is 2.56. The summed E-state index contributed by atoms with van der Waals surface area (Å²) in [5, 5.41) is 2.83. The summed E-state index contributed by atoms with van der Waals surface area (Å²) in [6.45, 7) is 5.52. The van der Waals surface area contributed by atoms with E-state index in [4.69, 9.17) is 0 Å². The highest BCUT2D eigenvalue weighted by molar-refractivity contribution is 14.1. The number of nitrogens with one attached hydrogen (secondary N) is 1. The van der Waals surface area contributed by atoms with Crippen LogP contribution < -0.4 is 5.32 Å². The molecule has 0 unspecified atom stereocenters. The van der Waals surface area contributed by atoms with Gasteiger partial charge in [-0.15, -0.1) is 0 Å². The Kier molecular flexibility index (Phi) is 6.59. The van der Waals surface area contributed by atoms with Crippen molar-refractivity contribution in [3.63, 3.8) is 0 Å². The van der Waals surface area contributed by atoms with Gasteiger partial charge in [0.1, 0.15) is 0 Å². The SMILES string of the molecule is CCN(CC(=O)Nc1c(C)cccc1C)S(=O)(=O)c1ccc(I)cc1. The molecular weight excluding hydrogens is 451 g/mol. The quantitative estimate of drug-likeness (QED) is 0.654. The summed E-state index contributed by atoms with van der Waals surface area (Å²) in [5.74, 6) is -0.353. The van der Waals surface area contributed by atoms with Gasteiger partial charge in [0, 0.05) is 15.8 Å². The average molecular weight is 472 g/mol. The van der Waals surface area contributed by atoms with Gasteiger partial charge in [-0.3, -0.25) is 4.79 Å². The van der Waals surface area contributed by atoms with E-state index in [2.05, 4.69) is 27.9 Å². The molecular formula is C18H21IN2O3S. The second-order valence-corrected chi connectivity index (χ2v) is 8.88. The van der Waals surface area contributed by atoms with Crippen molar-refractivity contribution in [2.24, 2.45) is 0 Å². The van der Waals surface area contributed by atoms with E-state index in [0.717, 1.165) is 20.4 Å². The predicted octanol–water partition coefficient (Wildman–Crippen LogP) is 3.56. The molecule has 0 aliphatic heterocycles. The van der Waals surface area contributed by atoms with Crippen LogP contribution in [0.4, 0.5) is 5.69 Å². The number of anilines is 1. The van der Waals surface area contributed by atoms with E-state index >= 15 is 0 Å². The van der Waals surface area contributed by atoms with Crippen molar-refractivity contribution in [1.29, 1.82) is 0 Å². The molecule has 0 heterocycles. The summed E-state index contributed by atoms with van der Waals surface area (Å²) in [7, 11) is -3.71. The van der Waals surface area contributed by atoms with Crippen molar-refractivity contribution in [3.8, 4) is 0 Å². The first kappa shape index (κ1) is 19.9. The topological polar surface area (TPSA) is 66.5 Å². The lowest BCUT2D eigenvalue weighted by atomic mass is 10.1. The number of nitrogens with zero attached hydrogens (tertiary/aromatic N) is 1. The van der Waals surface area contributed by atoms with Gasteiger partial charge in [-0.05, 0) is 71.8 Å². The number of sulfonamides is 1. The molecule has 0 saturated heterocycles. The Bertz CT molecular complexity index is 844. The van der Waals surface area contributed by atoms with Crippen LogP contribution in [0.1, 0.15) is 18.1 Å². The fourth-order valence-corrected chi connectivity index (χ4v) is 4.24. The van der Waals surface area contributed by atoms with Crippen molar-refractivity contribution in [3.05, 3.63) is 57.2 Å². The molecule has 2 rings (SSSR count). The van der Waals surface area contributed by atoms with Gasteiger partial charge in [0.15, 0.2) is 0 Å². The van der Waals surface area contributed by atoms with Crippen LogP contribution in [0.15, 0.2) is 47.4 Å². The number of para-hydroxylation sites is 1. The molecule has 5 nitrogen and oxygen atoms in total. The van der Waals surface area contributed by atoms with Crippen LogP contribution in [0, 0.1) is 17.4 Å². The molecule has 0 bridgehead atoms. The van der Waals surface area contributed by atoms with Gasteiger partial charge in [0.25, 0.3) is 0 Å². The van der Waals surface area contributed by atoms with E-state index in [9.17, 15) is 13.2 Å². The second-order valence-electron chi connectivity index (χ2n) is 5.70. The molecule has 0 saturated carbocycles. The Balaban J connectivity index is 2.18. The molecule has 25 heavy (non-hydrogen) atoms. The number of amides is 1.